The first-order chi connectivity index (χ1) is 9.08. The predicted octanol–water partition coefficient (Wildman–Crippen LogP) is 1.19. The number of nitrogens with one attached hydrogen (secondary N) is 1. The average molecular weight is 299 g/mol. The van der Waals surface area contributed by atoms with Gasteiger partial charge >= 0.3 is 0 Å². The molecule has 1 aliphatic rings. The van der Waals surface area contributed by atoms with Crippen LogP contribution in [0.2, 0.25) is 5.02 Å². The zero-order chi connectivity index (χ0) is 13.8. The summed E-state index contributed by atoms with van der Waals surface area (Å²) in [4.78, 5) is 25.5. The molecule has 0 radical (unpaired) electrons. The van der Waals surface area contributed by atoms with Crippen molar-refractivity contribution >= 4 is 38.0 Å². The first-order valence-electron chi connectivity index (χ1n) is 6.19. The Morgan fingerprint density at radius 1 is 1.32 bits per heavy atom. The van der Waals surface area contributed by atoms with Gasteiger partial charge in [-0.15, -0.1) is 9.24 Å². The maximum atomic E-state index is 11.9. The molecule has 4 nitrogen and oxygen atoms in total. The first-order valence-corrected chi connectivity index (χ1v) is 7.14. The van der Waals surface area contributed by atoms with Crippen molar-refractivity contribution in [2.24, 2.45) is 0 Å². The molecule has 1 atom stereocenters. The predicted molar refractivity (Wildman–Crippen MR) is 78.9 cm³/mol. The molecule has 1 N–H and O–H groups in total. The van der Waals surface area contributed by atoms with Gasteiger partial charge in [0.2, 0.25) is 5.91 Å². The topological polar surface area (TPSA) is 49.4 Å². The normalized spacial score (nSPS) is 14.5. The van der Waals surface area contributed by atoms with E-state index in [2.05, 4.69) is 14.6 Å². The van der Waals surface area contributed by atoms with E-state index in [0.717, 1.165) is 31.2 Å². The molecule has 0 spiro atoms. The third kappa shape index (κ3) is 3.68. The average Bonchev–Trinajstić information content (AvgIpc) is 2.92. The second kappa shape index (κ2) is 6.36. The highest BCUT2D eigenvalue weighted by molar-refractivity contribution is 7.28. The highest BCUT2D eigenvalue weighted by Crippen LogP contribution is 2.11. The maximum Gasteiger partial charge on any atom is 0.251 e. The maximum absolute atomic E-state index is 11.9. The number of likely N-dealkylation sites (tertiary alicyclic amines) is 1. The summed E-state index contributed by atoms with van der Waals surface area (Å²) in [5.74, 6) is -0.279. The van der Waals surface area contributed by atoms with Crippen LogP contribution in [0.4, 0.5) is 0 Å². The second-order valence-electron chi connectivity index (χ2n) is 4.51. The van der Waals surface area contributed by atoms with Gasteiger partial charge in [0.15, 0.2) is 0 Å². The Morgan fingerprint density at radius 2 is 2.00 bits per heavy atom. The summed E-state index contributed by atoms with van der Waals surface area (Å²) in [7, 11) is 2.47. The van der Waals surface area contributed by atoms with Gasteiger partial charge in [0, 0.05) is 23.7 Å². The van der Waals surface area contributed by atoms with Crippen LogP contribution in [0.15, 0.2) is 18.2 Å². The zero-order valence-electron chi connectivity index (χ0n) is 10.5. The van der Waals surface area contributed by atoms with Crippen molar-refractivity contribution < 1.29 is 9.59 Å². The van der Waals surface area contributed by atoms with Crippen molar-refractivity contribution in [3.05, 3.63) is 28.8 Å². The largest absolute Gasteiger partial charge is 0.343 e. The summed E-state index contributed by atoms with van der Waals surface area (Å²) < 4.78 is 0. The van der Waals surface area contributed by atoms with Gasteiger partial charge in [-0.1, -0.05) is 11.6 Å². The minimum Gasteiger partial charge on any atom is -0.343 e. The smallest absolute Gasteiger partial charge is 0.251 e. The summed E-state index contributed by atoms with van der Waals surface area (Å²) >= 11 is 5.89. The summed E-state index contributed by atoms with van der Waals surface area (Å²) in [6.07, 6.45) is 2.10. The Morgan fingerprint density at radius 3 is 2.63 bits per heavy atom. The second-order valence-corrected chi connectivity index (χ2v) is 5.54. The van der Waals surface area contributed by atoms with Crippen LogP contribution < -0.4 is 10.6 Å². The summed E-state index contributed by atoms with van der Waals surface area (Å²) in [6, 6.07) is 5.00. The molecule has 0 aromatic heterocycles. The van der Waals surface area contributed by atoms with Gasteiger partial charge in [0.1, 0.15) is 0 Å². The quantitative estimate of drug-likeness (QED) is 0.852. The standard InChI is InChI=1S/C13H16ClN2O2P/c14-10-4-3-9(7-11(10)19)13(18)15-8-12(17)16-5-1-2-6-16/h3-4,7H,1-2,5-6,8,19H2,(H,15,18). The van der Waals surface area contributed by atoms with Crippen molar-refractivity contribution in [2.45, 2.75) is 12.8 Å². The molecule has 102 valence electrons. The lowest BCUT2D eigenvalue weighted by Gasteiger charge is -2.15. The van der Waals surface area contributed by atoms with Crippen molar-refractivity contribution in [1.29, 1.82) is 0 Å². The number of halogens is 1. The highest BCUT2D eigenvalue weighted by atomic mass is 35.5. The molecule has 2 rings (SSSR count). The first kappa shape index (κ1) is 14.3. The van der Waals surface area contributed by atoms with Crippen molar-refractivity contribution in [2.75, 3.05) is 19.6 Å². The number of amides is 2. The molecular formula is C13H16ClN2O2P. The Bertz CT molecular complexity index is 501. The van der Waals surface area contributed by atoms with Crippen molar-refractivity contribution in [3.63, 3.8) is 0 Å². The van der Waals surface area contributed by atoms with Crippen molar-refractivity contribution in [1.82, 2.24) is 10.2 Å². The van der Waals surface area contributed by atoms with E-state index in [-0.39, 0.29) is 18.4 Å². The fourth-order valence-electron chi connectivity index (χ4n) is 2.02. The van der Waals surface area contributed by atoms with Crippen LogP contribution in [0.5, 0.6) is 0 Å². The highest BCUT2D eigenvalue weighted by Gasteiger charge is 2.18. The number of carbonyl (C=O) groups is 2. The number of nitrogens with zero attached hydrogens (tertiary/aromatic N) is 1. The van der Waals surface area contributed by atoms with Crippen LogP contribution in [0.3, 0.4) is 0 Å². The molecule has 1 heterocycles. The molecular weight excluding hydrogens is 283 g/mol. The van der Waals surface area contributed by atoms with Gasteiger partial charge < -0.3 is 10.2 Å². The van der Waals surface area contributed by atoms with E-state index in [4.69, 9.17) is 11.6 Å². The van der Waals surface area contributed by atoms with Crippen LogP contribution in [0.25, 0.3) is 0 Å². The van der Waals surface area contributed by atoms with Gasteiger partial charge in [-0.3, -0.25) is 9.59 Å². The minimum atomic E-state index is -0.257. The van der Waals surface area contributed by atoms with E-state index in [1.165, 1.54) is 0 Å². The lowest BCUT2D eigenvalue weighted by Crippen LogP contribution is -2.38. The van der Waals surface area contributed by atoms with Gasteiger partial charge in [-0.2, -0.15) is 0 Å². The van der Waals surface area contributed by atoms with E-state index in [9.17, 15) is 9.59 Å². The van der Waals surface area contributed by atoms with Gasteiger partial charge in [0.25, 0.3) is 5.91 Å². The molecule has 0 aliphatic carbocycles. The lowest BCUT2D eigenvalue weighted by atomic mass is 10.2. The number of benzene rings is 1. The van der Waals surface area contributed by atoms with Crippen LogP contribution in [-0.4, -0.2) is 36.3 Å². The molecule has 6 heteroatoms. The van der Waals surface area contributed by atoms with Gasteiger partial charge in [0.05, 0.1) is 6.54 Å². The number of rotatable bonds is 3. The summed E-state index contributed by atoms with van der Waals surface area (Å²) in [5, 5.41) is 4.00. The van der Waals surface area contributed by atoms with Crippen LogP contribution in [0, 0.1) is 0 Å². The van der Waals surface area contributed by atoms with Crippen LogP contribution in [0.1, 0.15) is 23.2 Å². The molecule has 1 aromatic rings. The van der Waals surface area contributed by atoms with E-state index < -0.39 is 0 Å². The van der Waals surface area contributed by atoms with Gasteiger partial charge in [-0.25, -0.2) is 0 Å². The molecule has 0 bridgehead atoms. The fourth-order valence-corrected chi connectivity index (χ4v) is 2.41. The molecule has 1 saturated heterocycles. The van der Waals surface area contributed by atoms with Gasteiger partial charge in [-0.05, 0) is 36.3 Å². The molecule has 1 aliphatic heterocycles. The molecule has 2 amide bonds. The van der Waals surface area contributed by atoms with E-state index in [0.29, 0.717) is 10.6 Å². The number of hydrogen-bond donors (Lipinski definition) is 1. The molecule has 0 saturated carbocycles. The summed E-state index contributed by atoms with van der Waals surface area (Å²) in [5.41, 5.74) is 0.503. The Labute approximate surface area is 119 Å². The van der Waals surface area contributed by atoms with Crippen molar-refractivity contribution in [3.8, 4) is 0 Å². The number of carbonyl (C=O) groups excluding carboxylic acids is 2. The Hall–Kier alpha value is -1.12. The number of hydrogen-bond acceptors (Lipinski definition) is 2. The third-order valence-electron chi connectivity index (χ3n) is 3.12. The zero-order valence-corrected chi connectivity index (χ0v) is 12.4. The molecule has 19 heavy (non-hydrogen) atoms. The molecule has 1 aromatic carbocycles. The van der Waals surface area contributed by atoms with Crippen LogP contribution >= 0.6 is 20.8 Å². The Kier molecular flexibility index (Phi) is 4.78. The fraction of sp³-hybridized carbons (Fsp3) is 0.385. The SMILES string of the molecule is O=C(NCC(=O)N1CCCC1)c1ccc(Cl)c(P)c1. The molecule has 1 fully saturated rings. The summed E-state index contributed by atoms with van der Waals surface area (Å²) in [6.45, 7) is 1.64. The third-order valence-corrected chi connectivity index (χ3v) is 4.12. The Balaban J connectivity index is 1.90. The van der Waals surface area contributed by atoms with Crippen LogP contribution in [-0.2, 0) is 4.79 Å². The van der Waals surface area contributed by atoms with E-state index >= 15 is 0 Å². The van der Waals surface area contributed by atoms with E-state index in [1.807, 2.05) is 0 Å². The van der Waals surface area contributed by atoms with E-state index in [1.54, 1.807) is 23.1 Å². The minimum absolute atomic E-state index is 0.0223. The lowest BCUT2D eigenvalue weighted by molar-refractivity contribution is -0.129. The monoisotopic (exact) mass is 298 g/mol. The molecule has 1 unspecified atom stereocenters.